The van der Waals surface area contributed by atoms with Crippen LogP contribution in [-0.2, 0) is 10.8 Å². The Morgan fingerprint density at radius 2 is 1.30 bits per heavy atom. The van der Waals surface area contributed by atoms with Crippen LogP contribution in [0.3, 0.4) is 0 Å². The monoisotopic (exact) mass is 324 g/mol. The van der Waals surface area contributed by atoms with Crippen LogP contribution < -0.4 is 5.43 Å². The molecule has 0 aliphatic carbocycles. The van der Waals surface area contributed by atoms with Crippen molar-refractivity contribution in [2.45, 2.75) is 52.4 Å². The predicted octanol–water partition coefficient (Wildman–Crippen LogP) is 5.98. The zero-order valence-electron chi connectivity index (χ0n) is 14.9. The minimum Gasteiger partial charge on any atom is -0.289 e. The summed E-state index contributed by atoms with van der Waals surface area (Å²) in [5.41, 5.74) is 2.94. The fourth-order valence-corrected chi connectivity index (χ4v) is 4.55. The van der Waals surface area contributed by atoms with Gasteiger partial charge in [0.05, 0.1) is 0 Å². The van der Waals surface area contributed by atoms with Crippen molar-refractivity contribution in [3.05, 3.63) is 57.7 Å². The van der Waals surface area contributed by atoms with Gasteiger partial charge in [-0.3, -0.25) is 4.79 Å². The summed E-state index contributed by atoms with van der Waals surface area (Å²) in [7, 11) is 0.564. The van der Waals surface area contributed by atoms with E-state index >= 15 is 0 Å². The van der Waals surface area contributed by atoms with Gasteiger partial charge in [-0.15, -0.1) is 8.19 Å². The second-order valence-corrected chi connectivity index (χ2v) is 9.77. The third-order valence-corrected chi connectivity index (χ3v) is 5.85. The summed E-state index contributed by atoms with van der Waals surface area (Å²) >= 11 is 0. The van der Waals surface area contributed by atoms with Gasteiger partial charge in [-0.1, -0.05) is 65.8 Å². The third-order valence-electron chi connectivity index (χ3n) is 4.46. The molecule has 0 aliphatic rings. The lowest BCUT2D eigenvalue weighted by Gasteiger charge is -2.30. The summed E-state index contributed by atoms with van der Waals surface area (Å²) in [5, 5.41) is 4.15. The average molecular weight is 324 g/mol. The molecule has 3 aromatic rings. The van der Waals surface area contributed by atoms with Crippen LogP contribution in [0.4, 0.5) is 0 Å². The molecule has 0 bridgehead atoms. The molecule has 23 heavy (non-hydrogen) atoms. The van der Waals surface area contributed by atoms with E-state index in [0.29, 0.717) is 8.19 Å². The van der Waals surface area contributed by atoms with Gasteiger partial charge in [-0.25, -0.2) is 0 Å². The molecule has 1 nitrogen and oxygen atoms in total. The minimum atomic E-state index is 0.0258. The largest absolute Gasteiger partial charge is 0.289 e. The third kappa shape index (κ3) is 2.83. The highest BCUT2D eigenvalue weighted by atomic mass is 31.0. The molecule has 2 aromatic carbocycles. The molecule has 0 radical (unpaired) electrons. The first-order valence-electron chi connectivity index (χ1n) is 8.19. The van der Waals surface area contributed by atoms with E-state index < -0.39 is 0 Å². The van der Waals surface area contributed by atoms with Gasteiger partial charge in [-0.2, -0.15) is 0 Å². The second-order valence-electron chi connectivity index (χ2n) is 8.44. The van der Waals surface area contributed by atoms with Gasteiger partial charge < -0.3 is 0 Å². The fourth-order valence-electron chi connectivity index (χ4n) is 3.21. The van der Waals surface area contributed by atoms with Crippen LogP contribution in [0.1, 0.15) is 52.7 Å². The maximum atomic E-state index is 13.0. The van der Waals surface area contributed by atoms with E-state index in [4.69, 9.17) is 0 Å². The Balaban J connectivity index is 2.50. The van der Waals surface area contributed by atoms with Crippen LogP contribution in [0.2, 0.25) is 0 Å². The molecule has 0 N–H and O–H groups in total. The first-order chi connectivity index (χ1) is 10.6. The Bertz CT molecular complexity index is 950. The molecular weight excluding hydrogens is 299 g/mol. The SMILES string of the molecule is CC(C)(C)c1cc2[pH]c3ccccc3c(=O)c2cc1C(C)(C)C. The quantitative estimate of drug-likeness (QED) is 0.465. The van der Waals surface area contributed by atoms with Crippen molar-refractivity contribution in [3.63, 3.8) is 0 Å². The summed E-state index contributed by atoms with van der Waals surface area (Å²) in [4.78, 5) is 13.0. The molecule has 0 fully saturated rings. The van der Waals surface area contributed by atoms with Crippen molar-refractivity contribution in [1.82, 2.24) is 0 Å². The zero-order chi connectivity index (χ0) is 17.0. The van der Waals surface area contributed by atoms with E-state index in [-0.39, 0.29) is 16.3 Å². The van der Waals surface area contributed by atoms with Crippen LogP contribution in [0.15, 0.2) is 41.2 Å². The maximum Gasteiger partial charge on any atom is 0.194 e. The van der Waals surface area contributed by atoms with Crippen molar-refractivity contribution in [2.75, 3.05) is 0 Å². The number of fused-ring (bicyclic) bond motifs is 2. The highest BCUT2D eigenvalue weighted by Crippen LogP contribution is 2.39. The van der Waals surface area contributed by atoms with Crippen molar-refractivity contribution in [1.29, 1.82) is 0 Å². The molecule has 1 atom stereocenters. The van der Waals surface area contributed by atoms with Gasteiger partial charge in [0.1, 0.15) is 0 Å². The summed E-state index contributed by atoms with van der Waals surface area (Å²) in [5.74, 6) is 0. The molecule has 0 aliphatic heterocycles. The van der Waals surface area contributed by atoms with Crippen molar-refractivity contribution >= 4 is 29.2 Å². The van der Waals surface area contributed by atoms with Gasteiger partial charge in [0, 0.05) is 21.0 Å². The lowest BCUT2D eigenvalue weighted by atomic mass is 9.75. The van der Waals surface area contributed by atoms with Crippen LogP contribution in [0.25, 0.3) is 21.0 Å². The average Bonchev–Trinajstić information content (AvgIpc) is 2.44. The molecule has 1 unspecified atom stereocenters. The molecule has 1 heterocycles. The Kier molecular flexibility index (Phi) is 3.69. The first kappa shape index (κ1) is 16.3. The number of benzene rings is 2. The molecule has 3 rings (SSSR count). The van der Waals surface area contributed by atoms with Gasteiger partial charge in [0.15, 0.2) is 5.43 Å². The van der Waals surface area contributed by atoms with E-state index in [1.807, 2.05) is 18.2 Å². The van der Waals surface area contributed by atoms with E-state index in [9.17, 15) is 4.79 Å². The molecule has 0 saturated carbocycles. The van der Waals surface area contributed by atoms with Crippen LogP contribution in [0, 0.1) is 0 Å². The lowest BCUT2D eigenvalue weighted by Crippen LogP contribution is -2.22. The van der Waals surface area contributed by atoms with Gasteiger partial charge in [0.2, 0.25) is 0 Å². The van der Waals surface area contributed by atoms with Gasteiger partial charge in [-0.05, 0) is 34.1 Å². The molecule has 120 valence electrons. The lowest BCUT2D eigenvalue weighted by molar-refractivity contribution is 0.531. The summed E-state index contributed by atoms with van der Waals surface area (Å²) in [6, 6.07) is 12.5. The molecule has 0 amide bonds. The first-order valence-corrected chi connectivity index (χ1v) is 9.19. The molecule has 0 spiro atoms. The summed E-state index contributed by atoms with van der Waals surface area (Å²) in [6.07, 6.45) is 0. The second kappa shape index (κ2) is 5.21. The predicted molar refractivity (Wildman–Crippen MR) is 105 cm³/mol. The van der Waals surface area contributed by atoms with E-state index in [0.717, 1.165) is 10.8 Å². The summed E-state index contributed by atoms with van der Waals surface area (Å²) < 4.78 is 0. The van der Waals surface area contributed by atoms with E-state index in [1.54, 1.807) is 0 Å². The van der Waals surface area contributed by atoms with Crippen molar-refractivity contribution < 1.29 is 0 Å². The normalized spacial score (nSPS) is 13.3. The number of rotatable bonds is 0. The van der Waals surface area contributed by atoms with E-state index in [1.165, 1.54) is 21.4 Å². The molecule has 2 heteroatoms. The Morgan fingerprint density at radius 3 is 1.91 bits per heavy atom. The maximum absolute atomic E-state index is 13.0. The van der Waals surface area contributed by atoms with Crippen LogP contribution in [0.5, 0.6) is 0 Å². The molecule has 1 aromatic heterocycles. The molecule has 0 saturated heterocycles. The Morgan fingerprint density at radius 1 is 0.739 bits per heavy atom. The van der Waals surface area contributed by atoms with Crippen LogP contribution in [-0.4, -0.2) is 0 Å². The van der Waals surface area contributed by atoms with Gasteiger partial charge >= 0.3 is 0 Å². The Hall–Kier alpha value is -1.59. The van der Waals surface area contributed by atoms with E-state index in [2.05, 4.69) is 59.7 Å². The Labute approximate surface area is 139 Å². The smallest absolute Gasteiger partial charge is 0.194 e. The zero-order valence-corrected chi connectivity index (χ0v) is 15.9. The fraction of sp³-hybridized carbons (Fsp3) is 0.381. The standard InChI is InChI=1S/C21H25OP/c1-20(2,3)15-11-14-18(12-16(15)21(4,5)6)23-17-10-8-7-9-13(17)19(14)22/h7-12,23H,1-6H3. The minimum absolute atomic E-state index is 0.0258. The van der Waals surface area contributed by atoms with Gasteiger partial charge in [0.25, 0.3) is 0 Å². The summed E-state index contributed by atoms with van der Waals surface area (Å²) in [6.45, 7) is 13.5. The number of hydrogen-bond donors (Lipinski definition) is 0. The topological polar surface area (TPSA) is 17.1 Å². The highest BCUT2D eigenvalue weighted by molar-refractivity contribution is 7.42. The number of hydrogen-bond acceptors (Lipinski definition) is 1. The van der Waals surface area contributed by atoms with Crippen molar-refractivity contribution in [3.8, 4) is 0 Å². The highest BCUT2D eigenvalue weighted by Gasteiger charge is 2.26. The molecular formula is C21H25OP. The van der Waals surface area contributed by atoms with Crippen LogP contribution >= 0.6 is 8.19 Å². The van der Waals surface area contributed by atoms with Crippen molar-refractivity contribution in [2.24, 2.45) is 0 Å².